The molecular formula is C31H32NO3P. The van der Waals surface area contributed by atoms with Crippen molar-refractivity contribution in [1.82, 2.24) is 0 Å². The van der Waals surface area contributed by atoms with Gasteiger partial charge in [0.15, 0.2) is 5.78 Å². The minimum atomic E-state index is -3.67. The van der Waals surface area contributed by atoms with Crippen molar-refractivity contribution < 1.29 is 13.6 Å². The van der Waals surface area contributed by atoms with Gasteiger partial charge in [0, 0.05) is 12.2 Å². The summed E-state index contributed by atoms with van der Waals surface area (Å²) >= 11 is 0. The van der Waals surface area contributed by atoms with Gasteiger partial charge in [0.1, 0.15) is 0 Å². The highest BCUT2D eigenvalue weighted by Crippen LogP contribution is 2.65. The van der Waals surface area contributed by atoms with Crippen molar-refractivity contribution in [2.75, 3.05) is 11.4 Å². The maximum atomic E-state index is 14.9. The quantitative estimate of drug-likeness (QED) is 0.220. The van der Waals surface area contributed by atoms with Crippen LogP contribution in [0.4, 0.5) is 5.69 Å². The summed E-state index contributed by atoms with van der Waals surface area (Å²) in [7, 11) is -3.67. The third kappa shape index (κ3) is 5.47. The van der Waals surface area contributed by atoms with Crippen LogP contribution in [0.25, 0.3) is 0 Å². The van der Waals surface area contributed by atoms with Crippen LogP contribution in [0.1, 0.15) is 40.5 Å². The second kappa shape index (κ2) is 11.3. The molecule has 4 aromatic carbocycles. The first-order valence-electron chi connectivity index (χ1n) is 12.6. The Kier molecular flexibility index (Phi) is 7.67. The number of benzene rings is 4. The van der Waals surface area contributed by atoms with Gasteiger partial charge >= 0.3 is 7.60 Å². The molecule has 0 N–H and O–H groups in total. The molecule has 1 aliphatic rings. The lowest BCUT2D eigenvalue weighted by molar-refractivity contribution is 0.182. The first-order valence-corrected chi connectivity index (χ1v) is 14.2. The van der Waals surface area contributed by atoms with Gasteiger partial charge in [-0.1, -0.05) is 104 Å². The van der Waals surface area contributed by atoms with E-state index in [4.69, 9.17) is 9.05 Å². The van der Waals surface area contributed by atoms with Gasteiger partial charge in [-0.05, 0) is 52.8 Å². The maximum Gasteiger partial charge on any atom is 0.358 e. The molecule has 1 heterocycles. The van der Waals surface area contributed by atoms with Crippen LogP contribution in [0.15, 0.2) is 109 Å². The summed E-state index contributed by atoms with van der Waals surface area (Å²) in [5, 5.41) is 0. The molecule has 4 aromatic rings. The van der Waals surface area contributed by atoms with Crippen molar-refractivity contribution in [2.45, 2.75) is 38.8 Å². The molecule has 0 fully saturated rings. The molecule has 0 saturated carbocycles. The van der Waals surface area contributed by atoms with E-state index in [0.29, 0.717) is 0 Å². The van der Waals surface area contributed by atoms with Crippen LogP contribution in [0, 0.1) is 0 Å². The van der Waals surface area contributed by atoms with Crippen LogP contribution in [0.5, 0.6) is 0 Å². The smallest absolute Gasteiger partial charge is 0.353 e. The van der Waals surface area contributed by atoms with Gasteiger partial charge < -0.3 is 13.9 Å². The summed E-state index contributed by atoms with van der Waals surface area (Å²) < 4.78 is 27.5. The Bertz CT molecular complexity index is 1260. The zero-order valence-electron chi connectivity index (χ0n) is 20.6. The lowest BCUT2D eigenvalue weighted by atomic mass is 9.99. The van der Waals surface area contributed by atoms with E-state index in [0.717, 1.165) is 41.8 Å². The van der Waals surface area contributed by atoms with Gasteiger partial charge in [-0.3, -0.25) is 4.57 Å². The van der Waals surface area contributed by atoms with E-state index >= 15 is 0 Å². The second-order valence-electron chi connectivity index (χ2n) is 9.09. The van der Waals surface area contributed by atoms with E-state index in [2.05, 4.69) is 48.2 Å². The van der Waals surface area contributed by atoms with Crippen molar-refractivity contribution >= 4 is 13.3 Å². The highest BCUT2D eigenvalue weighted by atomic mass is 31.2. The van der Waals surface area contributed by atoms with Crippen molar-refractivity contribution in [3.05, 3.63) is 137 Å². The Morgan fingerprint density at radius 2 is 1.28 bits per heavy atom. The first kappa shape index (κ1) is 24.5. The Balaban J connectivity index is 1.55. The van der Waals surface area contributed by atoms with E-state index < -0.39 is 13.4 Å². The predicted molar refractivity (Wildman–Crippen MR) is 146 cm³/mol. The molecule has 5 heteroatoms. The molecule has 184 valence electrons. The number of nitrogens with zero attached hydrogens (tertiary/aromatic N) is 1. The third-order valence-corrected chi connectivity index (χ3v) is 8.87. The van der Waals surface area contributed by atoms with Crippen molar-refractivity contribution in [2.24, 2.45) is 0 Å². The fraction of sp³-hybridized carbons (Fsp3) is 0.226. The summed E-state index contributed by atoms with van der Waals surface area (Å²) in [5.41, 5.74) is 6.42. The van der Waals surface area contributed by atoms with E-state index in [1.807, 2.05) is 72.8 Å². The Labute approximate surface area is 214 Å². The largest absolute Gasteiger partial charge is 0.358 e. The Morgan fingerprint density at radius 1 is 0.722 bits per heavy atom. The lowest BCUT2D eigenvalue weighted by Crippen LogP contribution is -2.36. The summed E-state index contributed by atoms with van der Waals surface area (Å²) in [4.78, 5) is 2.21. The molecule has 0 saturated heterocycles. The molecule has 0 unspecified atom stereocenters. The van der Waals surface area contributed by atoms with Crippen LogP contribution >= 0.6 is 7.60 Å². The van der Waals surface area contributed by atoms with E-state index in [9.17, 15) is 4.57 Å². The van der Waals surface area contributed by atoms with Gasteiger partial charge in [-0.2, -0.15) is 0 Å². The average molecular weight is 498 g/mol. The Morgan fingerprint density at radius 3 is 1.86 bits per heavy atom. The minimum absolute atomic E-state index is 0.216. The number of anilines is 1. The number of hydrogen-bond acceptors (Lipinski definition) is 4. The molecule has 5 rings (SSSR count). The fourth-order valence-electron chi connectivity index (χ4n) is 4.74. The number of rotatable bonds is 9. The van der Waals surface area contributed by atoms with Gasteiger partial charge in [0.2, 0.25) is 0 Å². The van der Waals surface area contributed by atoms with Crippen LogP contribution in [0.2, 0.25) is 0 Å². The summed E-state index contributed by atoms with van der Waals surface area (Å²) in [6.07, 6.45) is 1.85. The van der Waals surface area contributed by atoms with Crippen molar-refractivity contribution in [3.8, 4) is 0 Å². The zero-order chi connectivity index (χ0) is 24.8. The summed E-state index contributed by atoms with van der Waals surface area (Å²) in [5.74, 6) is -0.539. The highest BCUT2D eigenvalue weighted by Gasteiger charge is 2.44. The second-order valence-corrected chi connectivity index (χ2v) is 11.2. The monoisotopic (exact) mass is 497 g/mol. The van der Waals surface area contributed by atoms with Crippen LogP contribution < -0.4 is 4.90 Å². The zero-order valence-corrected chi connectivity index (χ0v) is 21.5. The Hall–Kier alpha value is -3.17. The standard InChI is InChI=1S/C31H32NO3P/c1-2-25-17-19-29(20-18-25)32-22-21-28-15-9-10-16-30(28)31(32)36(33,34-23-26-11-5-3-6-12-26)35-24-27-13-7-4-8-14-27/h3-20,31H,2,21-24H2,1H3/t31-/m0/s1. The number of hydrogen-bond donors (Lipinski definition) is 0. The van der Waals surface area contributed by atoms with Gasteiger partial charge in [0.25, 0.3) is 0 Å². The molecule has 0 aromatic heterocycles. The van der Waals surface area contributed by atoms with Crippen LogP contribution in [-0.2, 0) is 39.7 Å². The van der Waals surface area contributed by atoms with Crippen molar-refractivity contribution in [1.29, 1.82) is 0 Å². The molecule has 0 amide bonds. The summed E-state index contributed by atoms with van der Waals surface area (Å²) in [6, 6.07) is 36.5. The van der Waals surface area contributed by atoms with E-state index in [1.54, 1.807) is 0 Å². The first-order chi connectivity index (χ1) is 17.7. The van der Waals surface area contributed by atoms with Gasteiger partial charge in [-0.25, -0.2) is 0 Å². The summed E-state index contributed by atoms with van der Waals surface area (Å²) in [6.45, 7) is 3.32. The van der Waals surface area contributed by atoms with E-state index in [1.165, 1.54) is 11.1 Å². The van der Waals surface area contributed by atoms with Crippen molar-refractivity contribution in [3.63, 3.8) is 0 Å². The molecule has 0 radical (unpaired) electrons. The van der Waals surface area contributed by atoms with Gasteiger partial charge in [-0.15, -0.1) is 0 Å². The van der Waals surface area contributed by atoms with E-state index in [-0.39, 0.29) is 13.2 Å². The van der Waals surface area contributed by atoms with Crippen LogP contribution in [0.3, 0.4) is 0 Å². The number of aryl methyl sites for hydroxylation is 1. The topological polar surface area (TPSA) is 38.8 Å². The average Bonchev–Trinajstić information content (AvgIpc) is 2.95. The number of fused-ring (bicyclic) bond motifs is 1. The third-order valence-electron chi connectivity index (χ3n) is 6.73. The van der Waals surface area contributed by atoms with Gasteiger partial charge in [0.05, 0.1) is 13.2 Å². The molecule has 0 aliphatic carbocycles. The van der Waals surface area contributed by atoms with Crippen LogP contribution in [-0.4, -0.2) is 6.54 Å². The highest BCUT2D eigenvalue weighted by molar-refractivity contribution is 7.54. The fourth-order valence-corrected chi connectivity index (χ4v) is 6.93. The molecule has 1 aliphatic heterocycles. The molecule has 0 bridgehead atoms. The molecule has 4 nitrogen and oxygen atoms in total. The SMILES string of the molecule is CCc1ccc(N2CCc3ccccc3[C@@H]2P(=O)(OCc2ccccc2)OCc2ccccc2)cc1. The molecule has 36 heavy (non-hydrogen) atoms. The predicted octanol–water partition coefficient (Wildman–Crippen LogP) is 7.94. The normalized spacial score (nSPS) is 15.5. The molecule has 0 spiro atoms. The molecular weight excluding hydrogens is 465 g/mol. The maximum absolute atomic E-state index is 14.9. The molecule has 1 atom stereocenters. The minimum Gasteiger partial charge on any atom is -0.353 e. The lowest BCUT2D eigenvalue weighted by Gasteiger charge is -2.41.